The first-order valence-corrected chi connectivity index (χ1v) is 25.5. The van der Waals surface area contributed by atoms with Crippen LogP contribution in [0.15, 0.2) is 243 Å². The van der Waals surface area contributed by atoms with E-state index in [1.807, 2.05) is 0 Å². The third-order valence-electron chi connectivity index (χ3n) is 15.1. The summed E-state index contributed by atoms with van der Waals surface area (Å²) in [7, 11) is 0. The Labute approximate surface area is 429 Å². The van der Waals surface area contributed by atoms with E-state index in [2.05, 4.69) is 288 Å². The summed E-state index contributed by atoms with van der Waals surface area (Å²) < 4.78 is 2.42. The molecule has 11 aromatic carbocycles. The van der Waals surface area contributed by atoms with Crippen LogP contribution in [0.2, 0.25) is 0 Å². The van der Waals surface area contributed by atoms with Gasteiger partial charge in [0.05, 0.1) is 22.1 Å². The van der Waals surface area contributed by atoms with E-state index >= 15 is 0 Å². The van der Waals surface area contributed by atoms with E-state index in [0.717, 1.165) is 72.9 Å². The summed E-state index contributed by atoms with van der Waals surface area (Å²) in [5.74, 6) is 0. The number of hydrogen-bond acceptors (Lipinski definition) is 2. The van der Waals surface area contributed by atoms with Crippen molar-refractivity contribution < 1.29 is 0 Å². The molecular weight excluding hydrogens is 899 g/mol. The first kappa shape index (κ1) is 43.2. The average Bonchev–Trinajstić information content (AvgIpc) is 4.15. The number of hydrogen-bond donors (Lipinski definition) is 2. The topological polar surface area (TPSA) is 43.0 Å². The predicted octanol–water partition coefficient (Wildman–Crippen LogP) is 19.3. The van der Waals surface area contributed by atoms with Crippen LogP contribution in [0.4, 0.5) is 34.1 Å². The van der Waals surface area contributed by atoms with Crippen molar-refractivity contribution in [3.8, 4) is 27.9 Å². The van der Waals surface area contributed by atoms with Gasteiger partial charge in [0, 0.05) is 94.3 Å². The van der Waals surface area contributed by atoms with Crippen LogP contribution in [0.25, 0.3) is 93.4 Å². The first-order chi connectivity index (χ1) is 36.4. The van der Waals surface area contributed by atoms with Crippen molar-refractivity contribution in [2.75, 3.05) is 9.80 Å². The summed E-state index contributed by atoms with van der Waals surface area (Å²) in [6.45, 7) is 6.45. The number of anilines is 6. The summed E-state index contributed by atoms with van der Waals surface area (Å²) in [5, 5.41) is 7.30. The van der Waals surface area contributed by atoms with E-state index in [0.29, 0.717) is 0 Å². The lowest BCUT2D eigenvalue weighted by molar-refractivity contribution is 1.17. The zero-order valence-electron chi connectivity index (χ0n) is 41.4. The maximum Gasteiger partial charge on any atom is 0.0544 e. The molecule has 0 aliphatic carbocycles. The van der Waals surface area contributed by atoms with Gasteiger partial charge in [-0.05, 0) is 141 Å². The number of aromatic nitrogens is 3. The Bertz CT molecular complexity index is 4160. The quantitative estimate of drug-likeness (QED) is 0.151. The van der Waals surface area contributed by atoms with E-state index in [1.165, 1.54) is 71.3 Å². The monoisotopic (exact) mass is 949 g/mol. The minimum absolute atomic E-state index is 1.08. The van der Waals surface area contributed by atoms with Crippen molar-refractivity contribution in [1.29, 1.82) is 0 Å². The van der Waals surface area contributed by atoms with Crippen LogP contribution < -0.4 is 9.80 Å². The van der Waals surface area contributed by atoms with E-state index in [1.54, 1.807) is 0 Å². The van der Waals surface area contributed by atoms with Crippen LogP contribution in [-0.4, -0.2) is 14.5 Å². The van der Waals surface area contributed by atoms with Crippen LogP contribution >= 0.6 is 0 Å². The van der Waals surface area contributed by atoms with Crippen LogP contribution in [0.3, 0.4) is 0 Å². The van der Waals surface area contributed by atoms with Gasteiger partial charge in [0.1, 0.15) is 0 Å². The number of nitrogens with zero attached hydrogens (tertiary/aromatic N) is 3. The Morgan fingerprint density at radius 2 is 0.649 bits per heavy atom. The van der Waals surface area contributed by atoms with Crippen molar-refractivity contribution in [2.24, 2.45) is 0 Å². The molecular formula is C69H51N5. The Kier molecular flexibility index (Phi) is 10.1. The van der Waals surface area contributed by atoms with E-state index in [-0.39, 0.29) is 0 Å². The molecule has 0 bridgehead atoms. The molecule has 5 nitrogen and oxygen atoms in total. The molecule has 0 aliphatic rings. The highest BCUT2D eigenvalue weighted by atomic mass is 15.1. The number of nitrogens with one attached hydrogen (secondary N) is 2. The number of aromatic amines is 2. The summed E-state index contributed by atoms with van der Waals surface area (Å²) in [4.78, 5) is 12.2. The molecule has 0 unspecified atom stereocenters. The van der Waals surface area contributed by atoms with Crippen molar-refractivity contribution in [3.63, 3.8) is 0 Å². The van der Waals surface area contributed by atoms with Crippen molar-refractivity contribution in [1.82, 2.24) is 14.5 Å². The molecule has 0 spiro atoms. The maximum absolute atomic E-state index is 3.72. The van der Waals surface area contributed by atoms with Crippen molar-refractivity contribution >= 4 is 99.5 Å². The number of fused-ring (bicyclic) bond motifs is 9. The molecule has 2 N–H and O–H groups in total. The van der Waals surface area contributed by atoms with E-state index in [9.17, 15) is 0 Å². The van der Waals surface area contributed by atoms with Gasteiger partial charge in [0.15, 0.2) is 0 Å². The third-order valence-corrected chi connectivity index (χ3v) is 15.1. The second kappa shape index (κ2) is 17.3. The summed E-state index contributed by atoms with van der Waals surface area (Å²) in [6.07, 6.45) is 0. The molecule has 0 amide bonds. The lowest BCUT2D eigenvalue weighted by atomic mass is 10.0. The Morgan fingerprint density at radius 3 is 1.07 bits per heavy atom. The minimum atomic E-state index is 1.08. The first-order valence-electron chi connectivity index (χ1n) is 25.5. The van der Waals surface area contributed by atoms with Crippen LogP contribution in [-0.2, 0) is 0 Å². The molecule has 3 heterocycles. The van der Waals surface area contributed by atoms with Crippen molar-refractivity contribution in [2.45, 2.75) is 20.8 Å². The molecule has 0 fully saturated rings. The van der Waals surface area contributed by atoms with Gasteiger partial charge in [-0.1, -0.05) is 150 Å². The molecule has 0 saturated carbocycles. The number of aryl methyl sites for hydroxylation is 3. The number of rotatable bonds is 9. The van der Waals surface area contributed by atoms with Gasteiger partial charge in [0.2, 0.25) is 0 Å². The molecule has 14 rings (SSSR count). The van der Waals surface area contributed by atoms with Crippen molar-refractivity contribution in [3.05, 3.63) is 259 Å². The molecule has 74 heavy (non-hydrogen) atoms. The Hall–Kier alpha value is -9.58. The van der Waals surface area contributed by atoms with E-state index in [4.69, 9.17) is 0 Å². The highest BCUT2D eigenvalue weighted by molar-refractivity contribution is 6.14. The molecule has 0 aliphatic heterocycles. The highest BCUT2D eigenvalue weighted by Gasteiger charge is 2.21. The fraction of sp³-hybridized carbons (Fsp3) is 0.0435. The molecule has 5 heteroatoms. The molecule has 0 saturated heterocycles. The maximum atomic E-state index is 3.72. The lowest BCUT2D eigenvalue weighted by Gasteiger charge is -2.26. The summed E-state index contributed by atoms with van der Waals surface area (Å²) in [6, 6.07) is 89.0. The molecule has 352 valence electrons. The smallest absolute Gasteiger partial charge is 0.0544 e. The van der Waals surface area contributed by atoms with Gasteiger partial charge in [-0.25, -0.2) is 0 Å². The van der Waals surface area contributed by atoms with Gasteiger partial charge >= 0.3 is 0 Å². The van der Waals surface area contributed by atoms with Crippen LogP contribution in [0.1, 0.15) is 16.7 Å². The van der Waals surface area contributed by atoms with Gasteiger partial charge in [-0.15, -0.1) is 0 Å². The normalized spacial score (nSPS) is 11.7. The molecule has 0 radical (unpaired) electrons. The zero-order valence-corrected chi connectivity index (χ0v) is 41.4. The van der Waals surface area contributed by atoms with Gasteiger partial charge in [0.25, 0.3) is 0 Å². The Balaban J connectivity index is 0.917. The average molecular weight is 950 g/mol. The largest absolute Gasteiger partial charge is 0.354 e. The SMILES string of the molecule is Cc1ccc(N(c2ccc(-c3cccc4c3[nH]c3ccccc34)cc2)c2ccc3c(c2)c2cc(N(c4ccc(C)cc4)c4ccc(-c5cccc6c5[nH]c5ccccc56)cc4)ccc2n3-c2ccc(C)cc2)cc1. The number of benzene rings is 11. The highest BCUT2D eigenvalue weighted by Crippen LogP contribution is 2.44. The fourth-order valence-electron chi connectivity index (χ4n) is 11.3. The minimum Gasteiger partial charge on any atom is -0.354 e. The van der Waals surface area contributed by atoms with Gasteiger partial charge < -0.3 is 24.3 Å². The second-order valence-corrected chi connectivity index (χ2v) is 19.8. The van der Waals surface area contributed by atoms with Crippen LogP contribution in [0, 0.1) is 20.8 Å². The van der Waals surface area contributed by atoms with E-state index < -0.39 is 0 Å². The van der Waals surface area contributed by atoms with Gasteiger partial charge in [-0.2, -0.15) is 0 Å². The molecule has 0 atom stereocenters. The van der Waals surface area contributed by atoms with Gasteiger partial charge in [-0.3, -0.25) is 0 Å². The number of para-hydroxylation sites is 4. The van der Waals surface area contributed by atoms with Crippen LogP contribution in [0.5, 0.6) is 0 Å². The number of H-pyrrole nitrogens is 2. The summed E-state index contributed by atoms with van der Waals surface area (Å²) in [5.41, 5.74) is 22.9. The molecule has 14 aromatic rings. The zero-order chi connectivity index (χ0) is 49.4. The second-order valence-electron chi connectivity index (χ2n) is 19.8. The lowest BCUT2D eigenvalue weighted by Crippen LogP contribution is -2.10. The Morgan fingerprint density at radius 1 is 0.297 bits per heavy atom. The third kappa shape index (κ3) is 7.23. The fourth-order valence-corrected chi connectivity index (χ4v) is 11.3. The predicted molar refractivity (Wildman–Crippen MR) is 314 cm³/mol. The standard InChI is InChI=1S/C69H51N5/c1-44-18-28-49(29-19-44)72(51-34-24-47(25-35-51)56-12-8-14-60-58-10-4-6-16-64(58)70-68(56)60)54-38-40-66-62(42-54)63-43-55(39-41-67(63)74(66)53-32-22-46(3)23-33-53)73(50-30-20-45(2)21-31-50)52-36-26-48(27-37-52)57-13-9-15-61-59-11-5-7-17-65(59)71-69(57)61/h4-43,70-71H,1-3H3. The molecule has 3 aromatic heterocycles. The summed E-state index contributed by atoms with van der Waals surface area (Å²) >= 11 is 0.